The fraction of sp³-hybridized carbons (Fsp3) is 0.818. The molecule has 0 aliphatic carbocycles. The van der Waals surface area contributed by atoms with Gasteiger partial charge in [0, 0.05) is 26.1 Å². The zero-order chi connectivity index (χ0) is 12.0. The van der Waals surface area contributed by atoms with Crippen molar-refractivity contribution in [2.45, 2.75) is 19.8 Å². The highest BCUT2D eigenvalue weighted by Crippen LogP contribution is 2.16. The number of carbonyl (C=O) groups excluding carboxylic acids is 2. The van der Waals surface area contributed by atoms with E-state index in [1.807, 2.05) is 11.8 Å². The van der Waals surface area contributed by atoms with Gasteiger partial charge in [-0.15, -0.1) is 0 Å². The summed E-state index contributed by atoms with van der Waals surface area (Å²) >= 11 is 0. The quantitative estimate of drug-likeness (QED) is 0.686. The predicted molar refractivity (Wildman–Crippen MR) is 61.9 cm³/mol. The van der Waals surface area contributed by atoms with Crippen molar-refractivity contribution in [1.82, 2.24) is 15.5 Å². The summed E-state index contributed by atoms with van der Waals surface area (Å²) in [6, 6.07) is 0. The number of hydrogen-bond donors (Lipinski definition) is 2. The second-order valence-corrected chi connectivity index (χ2v) is 4.05. The summed E-state index contributed by atoms with van der Waals surface area (Å²) < 4.78 is 0. The molecule has 1 aliphatic heterocycles. The Morgan fingerprint density at radius 2 is 1.94 bits per heavy atom. The van der Waals surface area contributed by atoms with Crippen molar-refractivity contribution in [2.24, 2.45) is 5.92 Å². The number of likely N-dealkylation sites (tertiary alicyclic amines) is 1. The lowest BCUT2D eigenvalue weighted by molar-refractivity contribution is -0.134. The molecule has 0 aromatic carbocycles. The van der Waals surface area contributed by atoms with E-state index in [-0.39, 0.29) is 17.7 Å². The third-order valence-electron chi connectivity index (χ3n) is 2.99. The number of nitrogens with one attached hydrogen (secondary N) is 2. The van der Waals surface area contributed by atoms with Gasteiger partial charge in [-0.25, -0.2) is 0 Å². The lowest BCUT2D eigenvalue weighted by Gasteiger charge is -2.31. The Bertz CT molecular complexity index is 248. The van der Waals surface area contributed by atoms with Crippen molar-refractivity contribution in [3.05, 3.63) is 0 Å². The van der Waals surface area contributed by atoms with E-state index in [1.54, 1.807) is 7.05 Å². The number of rotatable bonds is 4. The Morgan fingerprint density at radius 1 is 1.31 bits per heavy atom. The molecule has 16 heavy (non-hydrogen) atoms. The Labute approximate surface area is 96.6 Å². The van der Waals surface area contributed by atoms with Crippen LogP contribution in [0.5, 0.6) is 0 Å². The van der Waals surface area contributed by atoms with Gasteiger partial charge in [-0.1, -0.05) is 6.92 Å². The smallest absolute Gasteiger partial charge is 0.236 e. The number of amides is 2. The molecule has 0 unspecified atom stereocenters. The molecular formula is C11H21N3O2. The molecular weight excluding hydrogens is 206 g/mol. The third-order valence-corrected chi connectivity index (χ3v) is 2.99. The monoisotopic (exact) mass is 227 g/mol. The molecule has 1 aliphatic rings. The van der Waals surface area contributed by atoms with E-state index in [9.17, 15) is 9.59 Å². The van der Waals surface area contributed by atoms with Crippen LogP contribution in [0.2, 0.25) is 0 Å². The van der Waals surface area contributed by atoms with Crippen LogP contribution >= 0.6 is 0 Å². The van der Waals surface area contributed by atoms with Gasteiger partial charge in [0.1, 0.15) is 0 Å². The van der Waals surface area contributed by atoms with Crippen LogP contribution in [0.1, 0.15) is 19.8 Å². The minimum absolute atomic E-state index is 0.0770. The van der Waals surface area contributed by atoms with Crippen molar-refractivity contribution in [3.63, 3.8) is 0 Å². The normalized spacial score (nSPS) is 17.2. The summed E-state index contributed by atoms with van der Waals surface area (Å²) in [6.07, 6.45) is 1.55. The molecule has 0 atom stereocenters. The first-order chi connectivity index (χ1) is 7.69. The Morgan fingerprint density at radius 3 is 2.44 bits per heavy atom. The number of nitrogens with zero attached hydrogens (tertiary/aromatic N) is 1. The van der Waals surface area contributed by atoms with E-state index >= 15 is 0 Å². The van der Waals surface area contributed by atoms with Gasteiger partial charge < -0.3 is 15.5 Å². The molecule has 1 heterocycles. The molecule has 1 saturated heterocycles. The molecule has 0 aromatic rings. The zero-order valence-corrected chi connectivity index (χ0v) is 10.1. The summed E-state index contributed by atoms with van der Waals surface area (Å²) in [5.74, 6) is 0.309. The van der Waals surface area contributed by atoms with Crippen molar-refractivity contribution in [1.29, 1.82) is 0 Å². The summed E-state index contributed by atoms with van der Waals surface area (Å²) in [7, 11) is 1.66. The standard InChI is InChI=1S/C11H21N3O2/c1-3-13-8-10(15)14-6-4-9(5-7-14)11(16)12-2/h9,13H,3-8H2,1-2H3,(H,12,16). The molecule has 1 fully saturated rings. The van der Waals surface area contributed by atoms with Gasteiger partial charge in [-0.3, -0.25) is 9.59 Å². The minimum atomic E-state index is 0.0770. The maximum absolute atomic E-state index is 11.7. The maximum atomic E-state index is 11.7. The summed E-state index contributed by atoms with van der Waals surface area (Å²) in [5.41, 5.74) is 0. The van der Waals surface area contributed by atoms with E-state index in [2.05, 4.69) is 10.6 Å². The van der Waals surface area contributed by atoms with Crippen LogP contribution < -0.4 is 10.6 Å². The van der Waals surface area contributed by atoms with Crippen LogP contribution in [-0.2, 0) is 9.59 Å². The first kappa shape index (κ1) is 13.0. The van der Waals surface area contributed by atoms with Gasteiger partial charge in [-0.2, -0.15) is 0 Å². The molecule has 0 saturated carbocycles. The molecule has 2 amide bonds. The van der Waals surface area contributed by atoms with Crippen molar-refractivity contribution in [2.75, 3.05) is 33.2 Å². The van der Waals surface area contributed by atoms with Gasteiger partial charge in [0.15, 0.2) is 0 Å². The molecule has 0 aromatic heterocycles. The fourth-order valence-electron chi connectivity index (χ4n) is 1.94. The zero-order valence-electron chi connectivity index (χ0n) is 10.1. The van der Waals surface area contributed by atoms with Crippen LogP contribution in [0.25, 0.3) is 0 Å². The summed E-state index contributed by atoms with van der Waals surface area (Å²) in [4.78, 5) is 24.9. The predicted octanol–water partition coefficient (Wildman–Crippen LogP) is -0.419. The van der Waals surface area contributed by atoms with E-state index in [1.165, 1.54) is 0 Å². The second kappa shape index (κ2) is 6.48. The van der Waals surface area contributed by atoms with Crippen molar-refractivity contribution < 1.29 is 9.59 Å². The van der Waals surface area contributed by atoms with Crippen molar-refractivity contribution >= 4 is 11.8 Å². The van der Waals surface area contributed by atoms with Crippen LogP contribution in [0, 0.1) is 5.92 Å². The van der Waals surface area contributed by atoms with E-state index < -0.39 is 0 Å². The van der Waals surface area contributed by atoms with E-state index in [0.717, 1.165) is 19.4 Å². The van der Waals surface area contributed by atoms with Gasteiger partial charge >= 0.3 is 0 Å². The number of likely N-dealkylation sites (N-methyl/N-ethyl adjacent to an activating group) is 1. The van der Waals surface area contributed by atoms with E-state index in [0.29, 0.717) is 19.6 Å². The van der Waals surface area contributed by atoms with Crippen LogP contribution in [-0.4, -0.2) is 49.9 Å². The minimum Gasteiger partial charge on any atom is -0.359 e. The van der Waals surface area contributed by atoms with Crippen molar-refractivity contribution in [3.8, 4) is 0 Å². The number of hydrogen-bond acceptors (Lipinski definition) is 3. The van der Waals surface area contributed by atoms with Gasteiger partial charge in [0.25, 0.3) is 0 Å². The second-order valence-electron chi connectivity index (χ2n) is 4.05. The van der Waals surface area contributed by atoms with Crippen LogP contribution in [0.3, 0.4) is 0 Å². The number of piperidine rings is 1. The third kappa shape index (κ3) is 3.48. The highest BCUT2D eigenvalue weighted by molar-refractivity contribution is 5.80. The molecule has 5 nitrogen and oxygen atoms in total. The van der Waals surface area contributed by atoms with Gasteiger partial charge in [0.05, 0.1) is 6.54 Å². The maximum Gasteiger partial charge on any atom is 0.236 e. The summed E-state index contributed by atoms with van der Waals surface area (Å²) in [5, 5.41) is 5.68. The van der Waals surface area contributed by atoms with Gasteiger partial charge in [0.2, 0.25) is 11.8 Å². The average molecular weight is 227 g/mol. The Kier molecular flexibility index (Phi) is 5.25. The average Bonchev–Trinajstić information content (AvgIpc) is 2.35. The first-order valence-corrected chi connectivity index (χ1v) is 5.89. The highest BCUT2D eigenvalue weighted by atomic mass is 16.2. The lowest BCUT2D eigenvalue weighted by Crippen LogP contribution is -2.45. The molecule has 5 heteroatoms. The molecule has 2 N–H and O–H groups in total. The summed E-state index contributed by atoms with van der Waals surface area (Å²) in [6.45, 7) is 4.58. The Balaban J connectivity index is 2.31. The largest absolute Gasteiger partial charge is 0.359 e. The molecule has 0 spiro atoms. The van der Waals surface area contributed by atoms with E-state index in [4.69, 9.17) is 0 Å². The van der Waals surface area contributed by atoms with Gasteiger partial charge in [-0.05, 0) is 19.4 Å². The molecule has 0 radical (unpaired) electrons. The number of carbonyl (C=O) groups is 2. The topological polar surface area (TPSA) is 61.4 Å². The first-order valence-electron chi connectivity index (χ1n) is 5.89. The molecule has 92 valence electrons. The fourth-order valence-corrected chi connectivity index (χ4v) is 1.94. The molecule has 0 bridgehead atoms. The van der Waals surface area contributed by atoms with Crippen LogP contribution in [0.15, 0.2) is 0 Å². The Hall–Kier alpha value is -1.10. The highest BCUT2D eigenvalue weighted by Gasteiger charge is 2.26. The molecule has 1 rings (SSSR count). The lowest BCUT2D eigenvalue weighted by atomic mass is 9.96. The SMILES string of the molecule is CCNCC(=O)N1CCC(C(=O)NC)CC1. The van der Waals surface area contributed by atoms with Crippen LogP contribution in [0.4, 0.5) is 0 Å².